The molecule has 0 saturated carbocycles. The topological polar surface area (TPSA) is 234 Å². The monoisotopic (exact) mass is 561 g/mol. The molecule has 1 atom stereocenters. The van der Waals surface area contributed by atoms with Gasteiger partial charge < -0.3 is 33.2 Å². The van der Waals surface area contributed by atoms with Crippen molar-refractivity contribution in [2.45, 2.75) is 32.2 Å². The third kappa shape index (κ3) is 10.4. The number of nitrogens with zero attached hydrogens (tertiary/aromatic N) is 2. The van der Waals surface area contributed by atoms with Crippen LogP contribution in [0.4, 0.5) is 17.3 Å². The minimum absolute atomic E-state index is 0. The third-order valence-electron chi connectivity index (χ3n) is 4.56. The van der Waals surface area contributed by atoms with Crippen molar-refractivity contribution >= 4 is 77.5 Å². The van der Waals surface area contributed by atoms with E-state index in [4.69, 9.17) is 39.6 Å². The van der Waals surface area contributed by atoms with Crippen LogP contribution in [0.5, 0.6) is 0 Å². The number of hydrogen-bond acceptors (Lipinski definition) is 8. The highest BCUT2D eigenvalue weighted by atomic mass is 35.5. The van der Waals surface area contributed by atoms with E-state index in [1.165, 1.54) is 0 Å². The van der Waals surface area contributed by atoms with Crippen LogP contribution in [0.2, 0.25) is 5.15 Å². The summed E-state index contributed by atoms with van der Waals surface area (Å²) in [7, 11) is 0. The number of carbonyl (C=O) groups excluding carboxylic acids is 2. The smallest absolute Gasteiger partial charge is 0.280 e. The summed E-state index contributed by atoms with van der Waals surface area (Å²) in [5, 5.41) is 26.1. The summed E-state index contributed by atoms with van der Waals surface area (Å²) in [4.78, 5) is 30.7. The zero-order valence-corrected chi connectivity index (χ0v) is 21.7. The number of anilines is 3. The van der Waals surface area contributed by atoms with Gasteiger partial charge in [0, 0.05) is 12.2 Å². The van der Waals surface area contributed by atoms with Crippen LogP contribution in [-0.2, 0) is 11.2 Å². The highest BCUT2D eigenvalue weighted by Gasteiger charge is 2.17. The van der Waals surface area contributed by atoms with Crippen LogP contribution < -0.4 is 38.5 Å². The molecular weight excluding hydrogens is 533 g/mol. The van der Waals surface area contributed by atoms with Crippen LogP contribution in [-0.4, -0.2) is 46.3 Å². The molecule has 13 nitrogen and oxygen atoms in total. The first-order chi connectivity index (χ1) is 16.1. The van der Waals surface area contributed by atoms with Gasteiger partial charge in [0.2, 0.25) is 5.91 Å². The summed E-state index contributed by atoms with van der Waals surface area (Å²) in [5.41, 5.74) is 17.9. The molecule has 0 fully saturated rings. The van der Waals surface area contributed by atoms with Crippen LogP contribution >= 0.6 is 36.4 Å². The number of benzene rings is 1. The quantitative estimate of drug-likeness (QED) is 0.121. The van der Waals surface area contributed by atoms with Gasteiger partial charge in [-0.15, -0.1) is 24.8 Å². The SMILES string of the molecule is CC(NC(=N)Nc1ccc(CCCCNC(=N)NC(=O)c2nc(Cl)c(N)nc2N)cc1)C(N)=O.Cl.Cl. The summed E-state index contributed by atoms with van der Waals surface area (Å²) in [6.45, 7) is 2.05. The molecule has 0 radical (unpaired) electrons. The molecule has 1 aromatic carbocycles. The van der Waals surface area contributed by atoms with Crippen molar-refractivity contribution in [2.75, 3.05) is 23.3 Å². The minimum atomic E-state index is -0.717. The first-order valence-corrected chi connectivity index (χ1v) is 10.7. The van der Waals surface area contributed by atoms with Gasteiger partial charge in [0.25, 0.3) is 5.91 Å². The Labute approximate surface area is 225 Å². The molecule has 1 heterocycles. The van der Waals surface area contributed by atoms with E-state index in [0.29, 0.717) is 12.2 Å². The van der Waals surface area contributed by atoms with Gasteiger partial charge in [-0.1, -0.05) is 23.7 Å². The summed E-state index contributed by atoms with van der Waals surface area (Å²) in [6.07, 6.45) is 2.42. The molecule has 0 bridgehead atoms. The Hall–Kier alpha value is -3.55. The second-order valence-electron chi connectivity index (χ2n) is 7.31. The molecule has 2 aromatic rings. The van der Waals surface area contributed by atoms with Crippen molar-refractivity contribution in [1.29, 1.82) is 10.8 Å². The summed E-state index contributed by atoms with van der Waals surface area (Å²) >= 11 is 5.76. The molecule has 0 saturated heterocycles. The standard InChI is InChI=1S/C20H28ClN11O2.2ClH/c1-10(17(24)33)28-20(26)29-12-7-5-11(6-8-12)4-2-3-9-27-19(25)32-18(34)13-15(22)31-16(23)14(21)30-13;;/h5-8,10H,2-4,9H2,1H3,(H2,24,33)(H4,22,23,31)(H3,26,28,29)(H3,25,27,32,34);2*1H. The zero-order valence-electron chi connectivity index (χ0n) is 19.4. The average Bonchev–Trinajstić information content (AvgIpc) is 2.76. The number of nitrogen functional groups attached to an aromatic ring is 2. The molecule has 36 heavy (non-hydrogen) atoms. The number of hydrogen-bond donors (Lipinski definition) is 9. The predicted octanol–water partition coefficient (Wildman–Crippen LogP) is 1.23. The van der Waals surface area contributed by atoms with Crippen LogP contribution in [0.25, 0.3) is 0 Å². The fourth-order valence-corrected chi connectivity index (χ4v) is 2.84. The number of aryl methyl sites for hydroxylation is 1. The lowest BCUT2D eigenvalue weighted by Gasteiger charge is -2.14. The van der Waals surface area contributed by atoms with Crippen LogP contribution in [0, 0.1) is 10.8 Å². The number of carbonyl (C=O) groups is 2. The maximum absolute atomic E-state index is 12.2. The normalized spacial score (nSPS) is 10.6. The molecule has 1 aromatic heterocycles. The number of guanidine groups is 2. The van der Waals surface area contributed by atoms with Gasteiger partial charge in [-0.05, 0) is 43.9 Å². The van der Waals surface area contributed by atoms with Crippen LogP contribution in [0.15, 0.2) is 24.3 Å². The molecule has 0 aliphatic carbocycles. The van der Waals surface area contributed by atoms with E-state index in [2.05, 4.69) is 31.2 Å². The first-order valence-electron chi connectivity index (χ1n) is 10.3. The fraction of sp³-hybridized carbons (Fsp3) is 0.300. The summed E-state index contributed by atoms with van der Waals surface area (Å²) in [5.74, 6) is -1.74. The largest absolute Gasteiger partial charge is 0.382 e. The fourth-order valence-electron chi connectivity index (χ4n) is 2.72. The van der Waals surface area contributed by atoms with Gasteiger partial charge in [-0.25, -0.2) is 9.97 Å². The Bertz CT molecular complexity index is 1070. The molecule has 0 spiro atoms. The Balaban J connectivity index is 0.00000612. The van der Waals surface area contributed by atoms with E-state index in [-0.39, 0.29) is 59.2 Å². The van der Waals surface area contributed by atoms with Gasteiger partial charge in [0.1, 0.15) is 6.04 Å². The van der Waals surface area contributed by atoms with Crippen molar-refractivity contribution in [2.24, 2.45) is 5.73 Å². The number of primary amides is 1. The Kier molecular flexibility index (Phi) is 13.9. The molecule has 1 unspecified atom stereocenters. The average molecular weight is 563 g/mol. The Morgan fingerprint density at radius 2 is 1.67 bits per heavy atom. The molecule has 12 N–H and O–H groups in total. The number of unbranched alkanes of at least 4 members (excludes halogenated alkanes) is 1. The number of amides is 2. The van der Waals surface area contributed by atoms with E-state index >= 15 is 0 Å². The number of halogens is 3. The van der Waals surface area contributed by atoms with Crippen molar-refractivity contribution in [3.05, 3.63) is 40.7 Å². The van der Waals surface area contributed by atoms with E-state index in [1.807, 2.05) is 24.3 Å². The molecule has 198 valence electrons. The lowest BCUT2D eigenvalue weighted by Crippen LogP contribution is -2.44. The second-order valence-corrected chi connectivity index (χ2v) is 7.67. The van der Waals surface area contributed by atoms with E-state index in [0.717, 1.165) is 24.8 Å². The first kappa shape index (κ1) is 32.5. The van der Waals surface area contributed by atoms with Crippen molar-refractivity contribution < 1.29 is 9.59 Å². The maximum atomic E-state index is 12.2. The highest BCUT2D eigenvalue weighted by Crippen LogP contribution is 2.17. The minimum Gasteiger partial charge on any atom is -0.382 e. The Morgan fingerprint density at radius 3 is 2.28 bits per heavy atom. The van der Waals surface area contributed by atoms with Gasteiger partial charge in [0.05, 0.1) is 0 Å². The van der Waals surface area contributed by atoms with Crippen molar-refractivity contribution in [3.8, 4) is 0 Å². The Morgan fingerprint density at radius 1 is 1.03 bits per heavy atom. The second kappa shape index (κ2) is 15.4. The molecule has 2 rings (SSSR count). The zero-order chi connectivity index (χ0) is 25.3. The lowest BCUT2D eigenvalue weighted by atomic mass is 10.1. The molecule has 0 aliphatic heterocycles. The van der Waals surface area contributed by atoms with Crippen molar-refractivity contribution in [1.82, 2.24) is 25.9 Å². The summed E-state index contributed by atoms with van der Waals surface area (Å²) in [6, 6.07) is 6.90. The van der Waals surface area contributed by atoms with Crippen LogP contribution in [0.3, 0.4) is 0 Å². The van der Waals surface area contributed by atoms with Gasteiger partial charge in [-0.3, -0.25) is 25.7 Å². The molecule has 0 aliphatic rings. The summed E-state index contributed by atoms with van der Waals surface area (Å²) < 4.78 is 0. The van der Waals surface area contributed by atoms with E-state index < -0.39 is 17.9 Å². The highest BCUT2D eigenvalue weighted by molar-refractivity contribution is 6.31. The lowest BCUT2D eigenvalue weighted by molar-refractivity contribution is -0.119. The van der Waals surface area contributed by atoms with Crippen molar-refractivity contribution in [3.63, 3.8) is 0 Å². The number of aromatic nitrogens is 2. The third-order valence-corrected chi connectivity index (χ3v) is 4.84. The predicted molar refractivity (Wildman–Crippen MR) is 146 cm³/mol. The number of nitrogens with one attached hydrogen (secondary N) is 6. The van der Waals surface area contributed by atoms with E-state index in [9.17, 15) is 9.59 Å². The molecular formula is C20H30Cl3N11O2. The van der Waals surface area contributed by atoms with Gasteiger partial charge in [-0.2, -0.15) is 0 Å². The number of nitrogens with two attached hydrogens (primary N) is 3. The maximum Gasteiger partial charge on any atom is 0.280 e. The van der Waals surface area contributed by atoms with Gasteiger partial charge >= 0.3 is 0 Å². The van der Waals surface area contributed by atoms with E-state index in [1.54, 1.807) is 6.92 Å². The molecule has 2 amide bonds. The van der Waals surface area contributed by atoms with Crippen LogP contribution in [0.1, 0.15) is 35.8 Å². The molecule has 16 heteroatoms. The number of rotatable bonds is 9. The van der Waals surface area contributed by atoms with Gasteiger partial charge in [0.15, 0.2) is 34.4 Å².